The van der Waals surface area contributed by atoms with Crippen molar-refractivity contribution >= 4 is 17.5 Å². The van der Waals surface area contributed by atoms with Crippen molar-refractivity contribution in [2.45, 2.75) is 6.92 Å². The number of hydrogen-bond donors (Lipinski definition) is 1. The molecule has 5 nitrogen and oxygen atoms in total. The van der Waals surface area contributed by atoms with E-state index in [4.69, 9.17) is 21.3 Å². The van der Waals surface area contributed by atoms with Crippen molar-refractivity contribution < 1.29 is 9.53 Å². The fraction of sp³-hybridized carbons (Fsp3) is 0.280. The molecule has 1 aliphatic heterocycles. The molecule has 2 heterocycles. The number of aromatic nitrogens is 1. The summed E-state index contributed by atoms with van der Waals surface area (Å²) in [4.78, 5) is 20.3. The standard InChI is InChI=1S/C25H26ClN3O2/c1-18-24(25(30)27-10-11-29-12-14-31-15-13-29)22(20-8-5-9-21(26)16-20)17-23(28-18)19-6-3-2-4-7-19/h2-9,16-17H,10-15H2,1H3,(H,27,30). The number of morpholine rings is 1. The van der Waals surface area contributed by atoms with Crippen LogP contribution in [0.25, 0.3) is 22.4 Å². The number of rotatable bonds is 6. The average Bonchev–Trinajstić information content (AvgIpc) is 2.79. The molecule has 0 spiro atoms. The van der Waals surface area contributed by atoms with Gasteiger partial charge in [-0.15, -0.1) is 0 Å². The molecule has 2 aromatic carbocycles. The highest BCUT2D eigenvalue weighted by Crippen LogP contribution is 2.31. The van der Waals surface area contributed by atoms with E-state index in [2.05, 4.69) is 10.2 Å². The summed E-state index contributed by atoms with van der Waals surface area (Å²) in [5, 5.41) is 3.71. The Morgan fingerprint density at radius 2 is 1.81 bits per heavy atom. The first-order chi connectivity index (χ1) is 15.1. The Morgan fingerprint density at radius 3 is 2.55 bits per heavy atom. The molecule has 160 valence electrons. The molecule has 1 saturated heterocycles. The van der Waals surface area contributed by atoms with Crippen molar-refractivity contribution in [2.24, 2.45) is 0 Å². The summed E-state index contributed by atoms with van der Waals surface area (Å²) >= 11 is 6.26. The van der Waals surface area contributed by atoms with Crippen molar-refractivity contribution in [3.8, 4) is 22.4 Å². The number of aryl methyl sites for hydroxylation is 1. The predicted octanol–water partition coefficient (Wildman–Crippen LogP) is 4.44. The summed E-state index contributed by atoms with van der Waals surface area (Å²) < 4.78 is 5.39. The number of halogens is 1. The molecule has 6 heteroatoms. The number of nitrogens with one attached hydrogen (secondary N) is 1. The van der Waals surface area contributed by atoms with Gasteiger partial charge in [0.2, 0.25) is 0 Å². The third kappa shape index (κ3) is 5.31. The van der Waals surface area contributed by atoms with Crippen LogP contribution in [0.3, 0.4) is 0 Å². The first-order valence-corrected chi connectivity index (χ1v) is 10.9. The zero-order valence-corrected chi connectivity index (χ0v) is 18.4. The molecule has 0 radical (unpaired) electrons. The second-order valence-corrected chi connectivity index (χ2v) is 8.04. The van der Waals surface area contributed by atoms with Crippen LogP contribution in [0.1, 0.15) is 16.1 Å². The van der Waals surface area contributed by atoms with E-state index in [9.17, 15) is 4.79 Å². The second-order valence-electron chi connectivity index (χ2n) is 7.60. The van der Waals surface area contributed by atoms with Crippen molar-refractivity contribution in [3.63, 3.8) is 0 Å². The van der Waals surface area contributed by atoms with E-state index >= 15 is 0 Å². The SMILES string of the molecule is Cc1nc(-c2ccccc2)cc(-c2cccc(Cl)c2)c1C(=O)NCCN1CCOCC1. The number of carbonyl (C=O) groups excluding carboxylic acids is 1. The molecule has 1 aliphatic rings. The van der Waals surface area contributed by atoms with Gasteiger partial charge in [-0.25, -0.2) is 0 Å². The maximum Gasteiger partial charge on any atom is 0.253 e. The lowest BCUT2D eigenvalue weighted by Crippen LogP contribution is -2.41. The summed E-state index contributed by atoms with van der Waals surface area (Å²) in [5.41, 5.74) is 4.85. The lowest BCUT2D eigenvalue weighted by atomic mass is 9.96. The van der Waals surface area contributed by atoms with Crippen molar-refractivity contribution in [3.05, 3.63) is 76.9 Å². The van der Waals surface area contributed by atoms with E-state index in [0.29, 0.717) is 22.8 Å². The van der Waals surface area contributed by atoms with Gasteiger partial charge in [0, 0.05) is 36.8 Å². The number of benzene rings is 2. The van der Waals surface area contributed by atoms with Gasteiger partial charge in [-0.05, 0) is 36.2 Å². The maximum absolute atomic E-state index is 13.2. The fourth-order valence-corrected chi connectivity index (χ4v) is 4.03. The number of amides is 1. The minimum atomic E-state index is -0.118. The van der Waals surface area contributed by atoms with Crippen LogP contribution >= 0.6 is 11.6 Å². The number of ether oxygens (including phenoxy) is 1. The maximum atomic E-state index is 13.2. The van der Waals surface area contributed by atoms with Crippen LogP contribution in [0.4, 0.5) is 0 Å². The molecule has 1 fully saturated rings. The van der Waals surface area contributed by atoms with Crippen LogP contribution in [0.2, 0.25) is 5.02 Å². The zero-order valence-electron chi connectivity index (χ0n) is 17.6. The van der Waals surface area contributed by atoms with E-state index in [1.165, 1.54) is 0 Å². The lowest BCUT2D eigenvalue weighted by Gasteiger charge is -2.26. The summed E-state index contributed by atoms with van der Waals surface area (Å²) in [6, 6.07) is 19.5. The number of nitrogens with zero attached hydrogens (tertiary/aromatic N) is 2. The Morgan fingerprint density at radius 1 is 1.06 bits per heavy atom. The first kappa shape index (κ1) is 21.5. The monoisotopic (exact) mass is 435 g/mol. The minimum absolute atomic E-state index is 0.118. The smallest absolute Gasteiger partial charge is 0.253 e. The normalized spacial score (nSPS) is 14.4. The van der Waals surface area contributed by atoms with Gasteiger partial charge in [-0.3, -0.25) is 14.7 Å². The highest BCUT2D eigenvalue weighted by atomic mass is 35.5. The zero-order chi connectivity index (χ0) is 21.6. The van der Waals surface area contributed by atoms with Gasteiger partial charge in [-0.1, -0.05) is 54.1 Å². The lowest BCUT2D eigenvalue weighted by molar-refractivity contribution is 0.0383. The number of pyridine rings is 1. The Kier molecular flexibility index (Phi) is 6.97. The Hall–Kier alpha value is -2.73. The average molecular weight is 436 g/mol. The van der Waals surface area contributed by atoms with Crippen LogP contribution in [-0.2, 0) is 4.74 Å². The third-order valence-corrected chi connectivity index (χ3v) is 5.68. The van der Waals surface area contributed by atoms with Gasteiger partial charge in [0.15, 0.2) is 0 Å². The number of carbonyl (C=O) groups is 1. The summed E-state index contributed by atoms with van der Waals surface area (Å²) in [6.07, 6.45) is 0. The van der Waals surface area contributed by atoms with Crippen molar-refractivity contribution in [2.75, 3.05) is 39.4 Å². The van der Waals surface area contributed by atoms with E-state index in [0.717, 1.165) is 55.2 Å². The van der Waals surface area contributed by atoms with Gasteiger partial charge >= 0.3 is 0 Å². The molecule has 1 N–H and O–H groups in total. The molecular formula is C25H26ClN3O2. The highest BCUT2D eigenvalue weighted by molar-refractivity contribution is 6.30. The largest absolute Gasteiger partial charge is 0.379 e. The Balaban J connectivity index is 1.64. The van der Waals surface area contributed by atoms with Crippen LogP contribution in [0, 0.1) is 6.92 Å². The molecule has 4 rings (SSSR count). The third-order valence-electron chi connectivity index (χ3n) is 5.45. The van der Waals surface area contributed by atoms with Crippen LogP contribution < -0.4 is 5.32 Å². The predicted molar refractivity (Wildman–Crippen MR) is 124 cm³/mol. The van der Waals surface area contributed by atoms with Crippen molar-refractivity contribution in [1.82, 2.24) is 15.2 Å². The van der Waals surface area contributed by atoms with Crippen LogP contribution in [0.5, 0.6) is 0 Å². The molecule has 0 bridgehead atoms. The van der Waals surface area contributed by atoms with Gasteiger partial charge < -0.3 is 10.1 Å². The Bertz CT molecular complexity index is 1050. The number of hydrogen-bond acceptors (Lipinski definition) is 4. The molecule has 3 aromatic rings. The molecule has 0 unspecified atom stereocenters. The van der Waals surface area contributed by atoms with Crippen LogP contribution in [0.15, 0.2) is 60.7 Å². The van der Waals surface area contributed by atoms with Gasteiger partial charge in [0.25, 0.3) is 5.91 Å². The highest BCUT2D eigenvalue weighted by Gasteiger charge is 2.19. The second kappa shape index (κ2) is 10.1. The topological polar surface area (TPSA) is 54.5 Å². The molecule has 0 saturated carbocycles. The van der Waals surface area contributed by atoms with E-state index in [1.807, 2.05) is 67.6 Å². The first-order valence-electron chi connectivity index (χ1n) is 10.5. The van der Waals surface area contributed by atoms with Gasteiger partial charge in [0.1, 0.15) is 0 Å². The van der Waals surface area contributed by atoms with Crippen molar-refractivity contribution in [1.29, 1.82) is 0 Å². The van der Waals surface area contributed by atoms with E-state index in [1.54, 1.807) is 0 Å². The van der Waals surface area contributed by atoms with Gasteiger partial charge in [-0.2, -0.15) is 0 Å². The molecule has 1 amide bonds. The van der Waals surface area contributed by atoms with Crippen LogP contribution in [-0.4, -0.2) is 55.2 Å². The molecular weight excluding hydrogens is 410 g/mol. The summed E-state index contributed by atoms with van der Waals surface area (Å²) in [6.45, 7) is 6.56. The fourth-order valence-electron chi connectivity index (χ4n) is 3.84. The Labute approximate surface area is 188 Å². The molecule has 0 aliphatic carbocycles. The molecule has 0 atom stereocenters. The van der Waals surface area contributed by atoms with E-state index < -0.39 is 0 Å². The summed E-state index contributed by atoms with van der Waals surface area (Å²) in [7, 11) is 0. The molecule has 31 heavy (non-hydrogen) atoms. The van der Waals surface area contributed by atoms with E-state index in [-0.39, 0.29) is 5.91 Å². The molecule has 1 aromatic heterocycles. The van der Waals surface area contributed by atoms with Gasteiger partial charge in [0.05, 0.1) is 30.2 Å². The summed E-state index contributed by atoms with van der Waals surface area (Å²) in [5.74, 6) is -0.118. The minimum Gasteiger partial charge on any atom is -0.379 e. The quantitative estimate of drug-likeness (QED) is 0.622.